The van der Waals surface area contributed by atoms with E-state index in [1.165, 1.54) is 7.11 Å². The van der Waals surface area contributed by atoms with Gasteiger partial charge in [-0.05, 0) is 18.6 Å². The van der Waals surface area contributed by atoms with E-state index in [4.69, 9.17) is 10.00 Å². The van der Waals surface area contributed by atoms with E-state index in [1.54, 1.807) is 6.07 Å². The molecule has 17 heavy (non-hydrogen) atoms. The predicted molar refractivity (Wildman–Crippen MR) is 63.5 cm³/mol. The summed E-state index contributed by atoms with van der Waals surface area (Å²) in [5.41, 5.74) is 1.56. The maximum absolute atomic E-state index is 11.4. The van der Waals surface area contributed by atoms with Gasteiger partial charge >= 0.3 is 5.97 Å². The molecule has 0 amide bonds. The molecule has 1 heterocycles. The number of anilines is 1. The maximum atomic E-state index is 11.4. The lowest BCUT2D eigenvalue weighted by atomic mass is 10.1. The smallest absolute Gasteiger partial charge is 0.310 e. The van der Waals surface area contributed by atoms with Crippen LogP contribution in [0.3, 0.4) is 0 Å². The highest BCUT2D eigenvalue weighted by Gasteiger charge is 2.29. The molecule has 88 valence electrons. The fourth-order valence-corrected chi connectivity index (χ4v) is 2.18. The number of benzene rings is 1. The number of carbonyl (C=O) groups excluding carboxylic acids is 1. The van der Waals surface area contributed by atoms with Crippen LogP contribution in [0, 0.1) is 17.2 Å². The van der Waals surface area contributed by atoms with Crippen LogP contribution in [0.4, 0.5) is 5.69 Å². The summed E-state index contributed by atoms with van der Waals surface area (Å²) in [5, 5.41) is 9.03. The Morgan fingerprint density at radius 3 is 3.00 bits per heavy atom. The van der Waals surface area contributed by atoms with Gasteiger partial charge in [0.1, 0.15) is 6.07 Å². The normalized spacial score (nSPS) is 18.8. The minimum Gasteiger partial charge on any atom is -0.469 e. The number of ether oxygens (including phenoxy) is 1. The van der Waals surface area contributed by atoms with Crippen LogP contribution in [0.1, 0.15) is 12.0 Å². The molecule has 0 N–H and O–H groups in total. The number of methoxy groups -OCH3 is 1. The van der Waals surface area contributed by atoms with Crippen molar-refractivity contribution >= 4 is 11.7 Å². The lowest BCUT2D eigenvalue weighted by Gasteiger charge is -2.19. The number of carbonyl (C=O) groups is 1. The highest BCUT2D eigenvalue weighted by atomic mass is 16.5. The molecule has 1 aromatic carbocycles. The minimum absolute atomic E-state index is 0.0771. The Hall–Kier alpha value is -2.02. The van der Waals surface area contributed by atoms with E-state index >= 15 is 0 Å². The predicted octanol–water partition coefficient (Wildman–Crippen LogP) is 1.56. The van der Waals surface area contributed by atoms with Gasteiger partial charge < -0.3 is 9.64 Å². The second-order valence-corrected chi connectivity index (χ2v) is 4.08. The van der Waals surface area contributed by atoms with Gasteiger partial charge in [0.05, 0.1) is 24.3 Å². The van der Waals surface area contributed by atoms with Gasteiger partial charge in [0.2, 0.25) is 0 Å². The van der Waals surface area contributed by atoms with Crippen molar-refractivity contribution in [1.29, 1.82) is 5.26 Å². The Morgan fingerprint density at radius 1 is 1.53 bits per heavy atom. The third-order valence-electron chi connectivity index (χ3n) is 3.09. The number of para-hydroxylation sites is 1. The molecule has 0 radical (unpaired) electrons. The fourth-order valence-electron chi connectivity index (χ4n) is 2.18. The topological polar surface area (TPSA) is 53.3 Å². The van der Waals surface area contributed by atoms with Gasteiger partial charge in [-0.3, -0.25) is 4.79 Å². The largest absolute Gasteiger partial charge is 0.469 e. The van der Waals surface area contributed by atoms with Crippen LogP contribution in [0.2, 0.25) is 0 Å². The van der Waals surface area contributed by atoms with E-state index in [0.29, 0.717) is 12.1 Å². The molecular formula is C13H14N2O2. The molecule has 4 heteroatoms. The number of esters is 1. The molecule has 0 aromatic heterocycles. The standard InChI is InChI=1S/C13H14N2O2/c1-17-13(16)11-6-7-15(9-11)12-5-3-2-4-10(12)8-14/h2-5,11H,6-7,9H2,1H3. The van der Waals surface area contributed by atoms with E-state index in [2.05, 4.69) is 11.0 Å². The molecule has 1 unspecified atom stereocenters. The Morgan fingerprint density at radius 2 is 2.29 bits per heavy atom. The zero-order valence-corrected chi connectivity index (χ0v) is 9.72. The molecule has 1 atom stereocenters. The summed E-state index contributed by atoms with van der Waals surface area (Å²) >= 11 is 0. The highest BCUT2D eigenvalue weighted by molar-refractivity contribution is 5.74. The molecule has 1 aliphatic heterocycles. The van der Waals surface area contributed by atoms with Crippen LogP contribution in [0.15, 0.2) is 24.3 Å². The number of nitriles is 1. The Kier molecular flexibility index (Phi) is 3.29. The molecule has 1 aliphatic rings. The van der Waals surface area contributed by atoms with Crippen LogP contribution >= 0.6 is 0 Å². The summed E-state index contributed by atoms with van der Waals surface area (Å²) in [7, 11) is 1.41. The Bertz CT molecular complexity index is 465. The van der Waals surface area contributed by atoms with Crippen molar-refractivity contribution in [2.75, 3.05) is 25.1 Å². The molecule has 4 nitrogen and oxygen atoms in total. The Labute approximate surface area is 100 Å². The Balaban J connectivity index is 2.16. The van der Waals surface area contributed by atoms with Crippen LogP contribution in [-0.4, -0.2) is 26.2 Å². The zero-order chi connectivity index (χ0) is 12.3. The van der Waals surface area contributed by atoms with Crippen LogP contribution < -0.4 is 4.90 Å². The van der Waals surface area contributed by atoms with Gasteiger partial charge in [-0.25, -0.2) is 0 Å². The van der Waals surface area contributed by atoms with Crippen molar-refractivity contribution in [3.8, 4) is 6.07 Å². The third kappa shape index (κ3) is 2.23. The SMILES string of the molecule is COC(=O)C1CCN(c2ccccc2C#N)C1. The molecule has 1 fully saturated rings. The highest BCUT2D eigenvalue weighted by Crippen LogP contribution is 2.27. The van der Waals surface area contributed by atoms with E-state index in [-0.39, 0.29) is 11.9 Å². The first-order chi connectivity index (χ1) is 8.26. The van der Waals surface area contributed by atoms with Crippen LogP contribution in [-0.2, 0) is 9.53 Å². The molecular weight excluding hydrogens is 216 g/mol. The van der Waals surface area contributed by atoms with Crippen LogP contribution in [0.5, 0.6) is 0 Å². The first-order valence-corrected chi connectivity index (χ1v) is 5.58. The molecule has 0 spiro atoms. The molecule has 0 saturated carbocycles. The van der Waals surface area contributed by atoms with Crippen molar-refractivity contribution in [1.82, 2.24) is 0 Å². The van der Waals surface area contributed by atoms with Gasteiger partial charge in [0.25, 0.3) is 0 Å². The van der Waals surface area contributed by atoms with E-state index in [0.717, 1.165) is 18.7 Å². The molecule has 0 aliphatic carbocycles. The third-order valence-corrected chi connectivity index (χ3v) is 3.09. The molecule has 1 aromatic rings. The van der Waals surface area contributed by atoms with Gasteiger partial charge in [-0.15, -0.1) is 0 Å². The summed E-state index contributed by atoms with van der Waals surface area (Å²) in [4.78, 5) is 13.5. The van der Waals surface area contributed by atoms with E-state index < -0.39 is 0 Å². The monoisotopic (exact) mass is 230 g/mol. The molecule has 1 saturated heterocycles. The summed E-state index contributed by atoms with van der Waals surface area (Å²) in [6, 6.07) is 9.63. The molecule has 0 bridgehead atoms. The zero-order valence-electron chi connectivity index (χ0n) is 9.72. The average molecular weight is 230 g/mol. The summed E-state index contributed by atoms with van der Waals surface area (Å²) in [5.74, 6) is -0.242. The van der Waals surface area contributed by atoms with Gasteiger partial charge in [0.15, 0.2) is 0 Å². The number of hydrogen-bond donors (Lipinski definition) is 0. The van der Waals surface area contributed by atoms with Gasteiger partial charge in [0, 0.05) is 13.1 Å². The molecule has 2 rings (SSSR count). The average Bonchev–Trinajstić information content (AvgIpc) is 2.87. The fraction of sp³-hybridized carbons (Fsp3) is 0.385. The number of rotatable bonds is 2. The van der Waals surface area contributed by atoms with Crippen molar-refractivity contribution in [2.45, 2.75) is 6.42 Å². The second-order valence-electron chi connectivity index (χ2n) is 4.08. The quantitative estimate of drug-likeness (QED) is 0.723. The number of nitrogens with zero attached hydrogens (tertiary/aromatic N) is 2. The lowest BCUT2D eigenvalue weighted by Crippen LogP contribution is -2.24. The summed E-state index contributed by atoms with van der Waals surface area (Å²) in [6.07, 6.45) is 0.784. The maximum Gasteiger partial charge on any atom is 0.310 e. The van der Waals surface area contributed by atoms with Crippen molar-refractivity contribution in [3.63, 3.8) is 0 Å². The first kappa shape index (κ1) is 11.5. The summed E-state index contributed by atoms with van der Waals surface area (Å²) < 4.78 is 4.74. The van der Waals surface area contributed by atoms with Gasteiger partial charge in [-0.1, -0.05) is 12.1 Å². The van der Waals surface area contributed by atoms with Crippen LogP contribution in [0.25, 0.3) is 0 Å². The van der Waals surface area contributed by atoms with Crippen molar-refractivity contribution in [3.05, 3.63) is 29.8 Å². The summed E-state index contributed by atoms with van der Waals surface area (Å²) in [6.45, 7) is 1.42. The van der Waals surface area contributed by atoms with Crippen molar-refractivity contribution in [2.24, 2.45) is 5.92 Å². The van der Waals surface area contributed by atoms with E-state index in [9.17, 15) is 4.79 Å². The minimum atomic E-state index is -0.165. The first-order valence-electron chi connectivity index (χ1n) is 5.58. The van der Waals surface area contributed by atoms with Gasteiger partial charge in [-0.2, -0.15) is 5.26 Å². The van der Waals surface area contributed by atoms with Crippen molar-refractivity contribution < 1.29 is 9.53 Å². The number of hydrogen-bond acceptors (Lipinski definition) is 4. The van der Waals surface area contributed by atoms with E-state index in [1.807, 2.05) is 18.2 Å². The lowest BCUT2D eigenvalue weighted by molar-refractivity contribution is -0.144. The second kappa shape index (κ2) is 4.88.